The normalized spacial score (nSPS) is 14.2. The van der Waals surface area contributed by atoms with Gasteiger partial charge in [0.2, 0.25) is 0 Å². The largest absolute Gasteiger partial charge is 0.355 e. The third-order valence-corrected chi connectivity index (χ3v) is 4.66. The highest BCUT2D eigenvalue weighted by Gasteiger charge is 2.27. The van der Waals surface area contributed by atoms with Gasteiger partial charge in [-0.3, -0.25) is 9.78 Å². The molecule has 0 radical (unpaired) electrons. The summed E-state index contributed by atoms with van der Waals surface area (Å²) in [7, 11) is 0. The first-order valence-electron chi connectivity index (χ1n) is 8.64. The number of carbonyl (C=O) groups excluding carboxylic acids is 1. The quantitative estimate of drug-likeness (QED) is 0.720. The average molecular weight is 345 g/mol. The fourth-order valence-electron chi connectivity index (χ4n) is 3.25. The Morgan fingerprint density at radius 3 is 2.54 bits per heavy atom. The van der Waals surface area contributed by atoms with Gasteiger partial charge in [0.25, 0.3) is 5.91 Å². The molecule has 130 valence electrons. The summed E-state index contributed by atoms with van der Waals surface area (Å²) < 4.78 is 5.44. The maximum atomic E-state index is 13.1. The van der Waals surface area contributed by atoms with E-state index in [0.29, 0.717) is 30.1 Å². The highest BCUT2D eigenvalue weighted by Crippen LogP contribution is 2.29. The van der Waals surface area contributed by atoms with Gasteiger partial charge in [-0.1, -0.05) is 41.6 Å². The SMILES string of the molecule is Cc1noc(-c2ccncc2)c1C(=O)N1CC=C(c2ccccc2)CC1. The Kier molecular flexibility index (Phi) is 4.35. The molecular weight excluding hydrogens is 326 g/mol. The van der Waals surface area contributed by atoms with Crippen LogP contribution in [0.25, 0.3) is 16.9 Å². The molecule has 26 heavy (non-hydrogen) atoms. The first kappa shape index (κ1) is 16.3. The van der Waals surface area contributed by atoms with Crippen LogP contribution in [0.4, 0.5) is 0 Å². The van der Waals surface area contributed by atoms with Crippen LogP contribution in [0.3, 0.4) is 0 Å². The van der Waals surface area contributed by atoms with Gasteiger partial charge >= 0.3 is 0 Å². The minimum atomic E-state index is -0.0427. The van der Waals surface area contributed by atoms with Crippen molar-refractivity contribution in [3.8, 4) is 11.3 Å². The molecule has 5 heteroatoms. The van der Waals surface area contributed by atoms with Gasteiger partial charge < -0.3 is 9.42 Å². The Bertz CT molecular complexity index is 946. The van der Waals surface area contributed by atoms with Crippen molar-refractivity contribution in [1.82, 2.24) is 15.0 Å². The number of hydrogen-bond donors (Lipinski definition) is 0. The zero-order chi connectivity index (χ0) is 17.9. The predicted octanol–water partition coefficient (Wildman–Crippen LogP) is 3.97. The molecule has 0 bridgehead atoms. The van der Waals surface area contributed by atoms with Crippen LogP contribution in [0.15, 0.2) is 65.5 Å². The van der Waals surface area contributed by atoms with Crippen LogP contribution in [0.5, 0.6) is 0 Å². The van der Waals surface area contributed by atoms with Gasteiger partial charge in [-0.25, -0.2) is 0 Å². The number of nitrogens with zero attached hydrogens (tertiary/aromatic N) is 3. The van der Waals surface area contributed by atoms with Crippen molar-refractivity contribution in [2.45, 2.75) is 13.3 Å². The summed E-state index contributed by atoms with van der Waals surface area (Å²) in [6.07, 6.45) is 6.32. The first-order chi connectivity index (χ1) is 12.7. The summed E-state index contributed by atoms with van der Waals surface area (Å²) in [6, 6.07) is 13.9. The van der Waals surface area contributed by atoms with Crippen molar-refractivity contribution in [2.24, 2.45) is 0 Å². The third kappa shape index (κ3) is 3.04. The van der Waals surface area contributed by atoms with E-state index in [9.17, 15) is 4.79 Å². The molecule has 1 aromatic carbocycles. The molecule has 1 amide bonds. The molecule has 0 aliphatic carbocycles. The fourth-order valence-corrected chi connectivity index (χ4v) is 3.25. The Hall–Kier alpha value is -3.21. The maximum Gasteiger partial charge on any atom is 0.260 e. The van der Waals surface area contributed by atoms with Gasteiger partial charge in [-0.05, 0) is 36.6 Å². The lowest BCUT2D eigenvalue weighted by atomic mass is 9.98. The average Bonchev–Trinajstić information content (AvgIpc) is 3.10. The van der Waals surface area contributed by atoms with E-state index >= 15 is 0 Å². The van der Waals surface area contributed by atoms with E-state index in [0.717, 1.165) is 12.0 Å². The lowest BCUT2D eigenvalue weighted by Crippen LogP contribution is -2.35. The standard InChI is InChI=1S/C21H19N3O2/c1-15-19(20(26-23-15)18-7-11-22-12-8-18)21(25)24-13-9-17(10-14-24)16-5-3-2-4-6-16/h2-9,11-12H,10,13-14H2,1H3. The molecule has 3 aromatic rings. The number of pyridine rings is 1. The summed E-state index contributed by atoms with van der Waals surface area (Å²) in [6.45, 7) is 3.07. The second kappa shape index (κ2) is 6.96. The number of aromatic nitrogens is 2. The fraction of sp³-hybridized carbons (Fsp3) is 0.190. The molecule has 4 rings (SSSR count). The summed E-state index contributed by atoms with van der Waals surface area (Å²) in [4.78, 5) is 19.0. The van der Waals surface area contributed by atoms with Crippen LogP contribution in [0, 0.1) is 6.92 Å². The molecule has 0 N–H and O–H groups in total. The van der Waals surface area contributed by atoms with Crippen molar-refractivity contribution in [2.75, 3.05) is 13.1 Å². The molecule has 2 aromatic heterocycles. The van der Waals surface area contributed by atoms with E-state index in [4.69, 9.17) is 4.52 Å². The van der Waals surface area contributed by atoms with Crippen molar-refractivity contribution in [3.63, 3.8) is 0 Å². The third-order valence-electron chi connectivity index (χ3n) is 4.66. The molecule has 0 saturated heterocycles. The number of hydrogen-bond acceptors (Lipinski definition) is 4. The molecule has 3 heterocycles. The molecule has 0 unspecified atom stereocenters. The van der Waals surface area contributed by atoms with Gasteiger partial charge in [0, 0.05) is 31.0 Å². The predicted molar refractivity (Wildman–Crippen MR) is 99.4 cm³/mol. The van der Waals surface area contributed by atoms with E-state index < -0.39 is 0 Å². The molecule has 5 nitrogen and oxygen atoms in total. The highest BCUT2D eigenvalue weighted by molar-refractivity contribution is 6.00. The van der Waals surface area contributed by atoms with Crippen molar-refractivity contribution in [1.29, 1.82) is 0 Å². The summed E-state index contributed by atoms with van der Waals surface area (Å²) in [5, 5.41) is 4.01. The Balaban J connectivity index is 1.58. The zero-order valence-corrected chi connectivity index (χ0v) is 14.6. The highest BCUT2D eigenvalue weighted by atomic mass is 16.5. The zero-order valence-electron chi connectivity index (χ0n) is 14.6. The number of rotatable bonds is 3. The topological polar surface area (TPSA) is 59.2 Å². The Morgan fingerprint density at radius 1 is 1.08 bits per heavy atom. The molecule has 0 atom stereocenters. The lowest BCUT2D eigenvalue weighted by Gasteiger charge is -2.26. The second-order valence-corrected chi connectivity index (χ2v) is 6.30. The Morgan fingerprint density at radius 2 is 1.85 bits per heavy atom. The van der Waals surface area contributed by atoms with Gasteiger partial charge in [0.1, 0.15) is 5.56 Å². The first-order valence-corrected chi connectivity index (χ1v) is 8.64. The van der Waals surface area contributed by atoms with Crippen LogP contribution in [-0.4, -0.2) is 34.0 Å². The number of amides is 1. The van der Waals surface area contributed by atoms with E-state index in [1.165, 1.54) is 11.1 Å². The van der Waals surface area contributed by atoms with Crippen LogP contribution >= 0.6 is 0 Å². The van der Waals surface area contributed by atoms with Crippen molar-refractivity contribution >= 4 is 11.5 Å². The summed E-state index contributed by atoms with van der Waals surface area (Å²) >= 11 is 0. The second-order valence-electron chi connectivity index (χ2n) is 6.30. The van der Waals surface area contributed by atoms with E-state index in [2.05, 4.69) is 28.3 Å². The number of benzene rings is 1. The molecule has 1 aliphatic rings. The molecule has 0 spiro atoms. The van der Waals surface area contributed by atoms with Crippen LogP contribution in [0.1, 0.15) is 28.0 Å². The molecular formula is C21H19N3O2. The van der Waals surface area contributed by atoms with Crippen LogP contribution < -0.4 is 0 Å². The lowest BCUT2D eigenvalue weighted by molar-refractivity contribution is 0.0772. The van der Waals surface area contributed by atoms with Crippen LogP contribution in [-0.2, 0) is 0 Å². The van der Waals surface area contributed by atoms with E-state index in [-0.39, 0.29) is 5.91 Å². The van der Waals surface area contributed by atoms with Crippen molar-refractivity contribution in [3.05, 3.63) is 77.8 Å². The van der Waals surface area contributed by atoms with Gasteiger partial charge in [0.15, 0.2) is 5.76 Å². The molecule has 1 aliphatic heterocycles. The summed E-state index contributed by atoms with van der Waals surface area (Å²) in [5.74, 6) is 0.464. The number of aryl methyl sites for hydroxylation is 1. The van der Waals surface area contributed by atoms with Gasteiger partial charge in [0.05, 0.1) is 5.69 Å². The Labute approximate surface area is 152 Å². The minimum absolute atomic E-state index is 0.0427. The number of carbonyl (C=O) groups is 1. The summed E-state index contributed by atoms with van der Waals surface area (Å²) in [5.41, 5.74) is 4.46. The smallest absolute Gasteiger partial charge is 0.260 e. The van der Waals surface area contributed by atoms with Gasteiger partial charge in [-0.15, -0.1) is 0 Å². The van der Waals surface area contributed by atoms with E-state index in [1.807, 2.05) is 35.2 Å². The monoisotopic (exact) mass is 345 g/mol. The van der Waals surface area contributed by atoms with Crippen LogP contribution in [0.2, 0.25) is 0 Å². The molecule has 0 fully saturated rings. The molecule has 0 saturated carbocycles. The maximum absolute atomic E-state index is 13.1. The van der Waals surface area contributed by atoms with E-state index in [1.54, 1.807) is 19.3 Å². The van der Waals surface area contributed by atoms with Crippen molar-refractivity contribution < 1.29 is 9.32 Å². The minimum Gasteiger partial charge on any atom is -0.355 e. The van der Waals surface area contributed by atoms with Gasteiger partial charge in [-0.2, -0.15) is 0 Å².